The number of para-hydroxylation sites is 4. The second kappa shape index (κ2) is 28.4. The van der Waals surface area contributed by atoms with Crippen molar-refractivity contribution < 1.29 is 4.42 Å². The average molecular weight is 1740 g/mol. The second-order valence-electron chi connectivity index (χ2n) is 33.1. The van der Waals surface area contributed by atoms with Gasteiger partial charge in [-0.15, -0.1) is 56.7 Å². The van der Waals surface area contributed by atoms with E-state index in [1.54, 1.807) is 22.7 Å². The molecule has 30 rings (SSSR count). The molecular formula is C114H63N9OS5. The van der Waals surface area contributed by atoms with Crippen molar-refractivity contribution in [2.24, 2.45) is 0 Å². The molecule has 600 valence electrons. The van der Waals surface area contributed by atoms with Gasteiger partial charge in [-0.05, 0) is 160 Å². The van der Waals surface area contributed by atoms with E-state index in [1.807, 2.05) is 52.2 Å². The number of hydrogen-bond donors (Lipinski definition) is 0. The van der Waals surface area contributed by atoms with Crippen LogP contribution in [-0.2, 0) is 0 Å². The van der Waals surface area contributed by atoms with Gasteiger partial charge in [-0.2, -0.15) is 4.98 Å². The van der Waals surface area contributed by atoms with Gasteiger partial charge >= 0.3 is 0 Å². The Hall–Kier alpha value is -15.7. The second-order valence-corrected chi connectivity index (χ2v) is 38.4. The first kappa shape index (κ1) is 72.6. The summed E-state index contributed by atoms with van der Waals surface area (Å²) in [6, 6.07) is 137. The van der Waals surface area contributed by atoms with Crippen molar-refractivity contribution in [3.8, 4) is 51.2 Å². The molecule has 0 spiro atoms. The van der Waals surface area contributed by atoms with Gasteiger partial charge in [0.2, 0.25) is 5.71 Å². The third-order valence-electron chi connectivity index (χ3n) is 25.8. The number of furan rings is 1. The normalized spacial score (nSPS) is 12.2. The zero-order chi connectivity index (χ0) is 84.2. The largest absolute Gasteiger partial charge is 0.436 e. The summed E-state index contributed by atoms with van der Waals surface area (Å²) < 4.78 is 23.3. The summed E-state index contributed by atoms with van der Waals surface area (Å²) in [6.45, 7) is 0. The van der Waals surface area contributed by atoms with Crippen LogP contribution >= 0.6 is 56.7 Å². The molecule has 0 aliphatic heterocycles. The highest BCUT2D eigenvalue weighted by molar-refractivity contribution is 7.27. The van der Waals surface area contributed by atoms with Crippen molar-refractivity contribution in [2.45, 2.75) is 0 Å². The highest BCUT2D eigenvalue weighted by Gasteiger charge is 2.28. The quantitative estimate of drug-likeness (QED) is 0.163. The first-order valence-corrected chi connectivity index (χ1v) is 47.1. The molecule has 0 aliphatic rings. The van der Waals surface area contributed by atoms with Gasteiger partial charge in [0, 0.05) is 135 Å². The fourth-order valence-electron chi connectivity index (χ4n) is 19.9. The van der Waals surface area contributed by atoms with E-state index in [0.29, 0.717) is 5.71 Å². The summed E-state index contributed by atoms with van der Waals surface area (Å²) in [6.07, 6.45) is 0. The minimum atomic E-state index is 0.536. The molecule has 0 aliphatic carbocycles. The minimum Gasteiger partial charge on any atom is -0.436 e. The van der Waals surface area contributed by atoms with E-state index in [2.05, 4.69) is 378 Å². The van der Waals surface area contributed by atoms with Gasteiger partial charge < -0.3 is 4.42 Å². The smallest absolute Gasteiger partial charge is 0.248 e. The fourth-order valence-corrected chi connectivity index (χ4v) is 25.2. The van der Waals surface area contributed by atoms with E-state index < -0.39 is 0 Å². The molecule has 12 heterocycles. The van der Waals surface area contributed by atoms with Crippen molar-refractivity contribution >= 4 is 278 Å². The van der Waals surface area contributed by atoms with E-state index in [0.717, 1.165) is 132 Å². The SMILES string of the molecule is c1ccc2cc3c(cc2c1)c1ccccc1n3-c1nc2oc3ccccc3c2nc1-c1ccc2sc3ccccc3c2c1.c1ccc2cc3c(cc2c1)c1ccccc1n3-c1nc2sc3ccccc3c2nc1-c1ccc2c(c1)sc1ccccc12.c1ccc2cc3c(cc2c1)c1ccccc1n3-c1nc2sc3ccccc3c2nc1-c1ccc2sc3ccccc3c2c1. The molecular weight excluding hydrogens is 1670 g/mol. The first-order valence-electron chi connectivity index (χ1n) is 43.0. The molecule has 15 heteroatoms. The van der Waals surface area contributed by atoms with Crippen LogP contribution in [0.3, 0.4) is 0 Å². The zero-order valence-corrected chi connectivity index (χ0v) is 72.4. The topological polar surface area (TPSA) is 105 Å². The number of benzene rings is 18. The lowest BCUT2D eigenvalue weighted by Gasteiger charge is -2.13. The maximum absolute atomic E-state index is 6.31. The highest BCUT2D eigenvalue weighted by Crippen LogP contribution is 2.48. The Morgan fingerprint density at radius 3 is 0.922 bits per heavy atom. The van der Waals surface area contributed by atoms with E-state index in [-0.39, 0.29) is 0 Å². The first-order chi connectivity index (χ1) is 63.9. The summed E-state index contributed by atoms with van der Waals surface area (Å²) in [7, 11) is 0. The van der Waals surface area contributed by atoms with Crippen molar-refractivity contribution in [3.63, 3.8) is 0 Å². The van der Waals surface area contributed by atoms with Crippen LogP contribution < -0.4 is 0 Å². The molecule has 30 aromatic rings. The maximum Gasteiger partial charge on any atom is 0.248 e. The van der Waals surface area contributed by atoms with E-state index in [1.165, 1.54) is 135 Å². The number of thiophene rings is 5. The summed E-state index contributed by atoms with van der Waals surface area (Å²) in [5, 5.41) is 25.4. The number of aromatic nitrogens is 9. The third kappa shape index (κ3) is 11.3. The van der Waals surface area contributed by atoms with Crippen LogP contribution in [0.2, 0.25) is 0 Å². The van der Waals surface area contributed by atoms with E-state index in [4.69, 9.17) is 34.3 Å². The van der Waals surface area contributed by atoms with Crippen LogP contribution in [0.15, 0.2) is 387 Å². The molecule has 18 aromatic carbocycles. The molecule has 0 atom stereocenters. The monoisotopic (exact) mass is 1730 g/mol. The van der Waals surface area contributed by atoms with Crippen LogP contribution in [-0.4, -0.2) is 43.6 Å². The van der Waals surface area contributed by atoms with Gasteiger partial charge in [-0.1, -0.05) is 255 Å². The van der Waals surface area contributed by atoms with Crippen molar-refractivity contribution in [2.75, 3.05) is 0 Å². The lowest BCUT2D eigenvalue weighted by Crippen LogP contribution is -2.03. The molecule has 0 radical (unpaired) electrons. The minimum absolute atomic E-state index is 0.536. The van der Waals surface area contributed by atoms with Crippen molar-refractivity contribution in [1.82, 2.24) is 43.6 Å². The van der Waals surface area contributed by atoms with Gasteiger partial charge in [0.05, 0.1) is 33.1 Å². The Bertz CT molecular complexity index is 9660. The summed E-state index contributed by atoms with van der Waals surface area (Å²) in [5.74, 6) is 2.48. The molecule has 0 saturated heterocycles. The molecule has 10 nitrogen and oxygen atoms in total. The number of hydrogen-bond acceptors (Lipinski definition) is 12. The highest BCUT2D eigenvalue weighted by atomic mass is 32.1. The van der Waals surface area contributed by atoms with Gasteiger partial charge in [0.1, 0.15) is 48.9 Å². The predicted octanol–water partition coefficient (Wildman–Crippen LogP) is 32.9. The van der Waals surface area contributed by atoms with E-state index in [9.17, 15) is 0 Å². The summed E-state index contributed by atoms with van der Waals surface area (Å²) in [5.41, 5.74) is 16.5. The molecule has 0 unspecified atom stereocenters. The molecule has 12 aromatic heterocycles. The maximum atomic E-state index is 6.31. The molecule has 0 bridgehead atoms. The zero-order valence-electron chi connectivity index (χ0n) is 68.3. The molecule has 0 amide bonds. The molecule has 0 fully saturated rings. The summed E-state index contributed by atoms with van der Waals surface area (Å²) in [4.78, 5) is 34.4. The van der Waals surface area contributed by atoms with Crippen LogP contribution in [0.1, 0.15) is 0 Å². The predicted molar refractivity (Wildman–Crippen MR) is 550 cm³/mol. The molecule has 0 saturated carbocycles. The average Bonchev–Trinajstić information content (AvgIpc) is 1.63. The number of nitrogens with zero attached hydrogens (tertiary/aromatic N) is 9. The van der Waals surface area contributed by atoms with Crippen LogP contribution in [0.4, 0.5) is 0 Å². The standard InChI is InChI=1S/C38H21N3OS.2C38H21N3S2/c1-2-10-23-21-31-28(19-22(23)9-1)25-11-3-6-14-30(25)41(31)37-35(39-36-27-13-4-7-15-32(27)42-38(36)40-37)24-17-18-34-29(20-24)26-12-5-8-16-33(26)43-34;1-2-10-23-21-31-28(19-22(23)9-1)25-11-3-6-14-30(25)41(31)37-35(39-36-27-13-5-8-16-33(27)43-38(36)40-37)24-17-18-34-29(20-24)26-12-4-7-15-32(26)42-34;1-2-10-23-20-31-29(19-22(23)9-1)25-11-3-6-14-30(25)41(31)37-35(39-36-28-13-5-8-16-33(28)43-38(36)40-37)24-17-18-27-26-12-4-7-15-32(26)42-34(27)21-24/h3*1-21H. The van der Waals surface area contributed by atoms with Crippen LogP contribution in [0, 0.1) is 0 Å². The van der Waals surface area contributed by atoms with Gasteiger partial charge in [-0.25, -0.2) is 24.9 Å². The lowest BCUT2D eigenvalue weighted by molar-refractivity contribution is 0.652. The lowest BCUT2D eigenvalue weighted by atomic mass is 10.1. The van der Waals surface area contributed by atoms with Gasteiger partial charge in [-0.3, -0.25) is 13.7 Å². The van der Waals surface area contributed by atoms with Crippen LogP contribution in [0.25, 0.3) is 273 Å². The van der Waals surface area contributed by atoms with E-state index >= 15 is 0 Å². The Balaban J connectivity index is 0.0000000976. The summed E-state index contributed by atoms with van der Waals surface area (Å²) >= 11 is 8.92. The number of fused-ring (bicyclic) bond motifs is 30. The van der Waals surface area contributed by atoms with Crippen molar-refractivity contribution in [1.29, 1.82) is 0 Å². The Labute approximate surface area is 753 Å². The van der Waals surface area contributed by atoms with Gasteiger partial charge in [0.15, 0.2) is 17.5 Å². The van der Waals surface area contributed by atoms with Crippen molar-refractivity contribution in [3.05, 3.63) is 382 Å². The Morgan fingerprint density at radius 2 is 0.488 bits per heavy atom. The Morgan fingerprint density at radius 1 is 0.186 bits per heavy atom. The Kier molecular flexibility index (Phi) is 16.0. The third-order valence-corrected chi connectivity index (χ3v) is 31.3. The van der Waals surface area contributed by atoms with Crippen LogP contribution in [0.5, 0.6) is 0 Å². The number of rotatable bonds is 6. The van der Waals surface area contributed by atoms with Gasteiger partial charge in [0.25, 0.3) is 0 Å². The fraction of sp³-hybridized carbons (Fsp3) is 0. The molecule has 129 heavy (non-hydrogen) atoms. The molecule has 0 N–H and O–H groups in total.